The second-order valence-electron chi connectivity index (χ2n) is 3.99. The van der Waals surface area contributed by atoms with Gasteiger partial charge in [0.1, 0.15) is 0 Å². The van der Waals surface area contributed by atoms with Crippen LogP contribution in [0.25, 0.3) is 0 Å². The van der Waals surface area contributed by atoms with E-state index in [9.17, 15) is 0 Å². The van der Waals surface area contributed by atoms with Crippen molar-refractivity contribution in [2.24, 2.45) is 0 Å². The maximum atomic E-state index is 4.36. The van der Waals surface area contributed by atoms with Gasteiger partial charge in [-0.15, -0.1) is 0 Å². The summed E-state index contributed by atoms with van der Waals surface area (Å²) in [5, 5.41) is 0.827. The first kappa shape index (κ1) is 13.5. The molecular weight excluding hydrogens is 218 g/mol. The molecule has 0 aliphatic carbocycles. The third-order valence-corrected chi connectivity index (χ3v) is 2.97. The van der Waals surface area contributed by atoms with Gasteiger partial charge in [-0.25, -0.2) is 9.97 Å². The number of hydrogen-bond acceptors (Lipinski definition) is 4. The maximum absolute atomic E-state index is 4.36. The van der Waals surface area contributed by atoms with Crippen molar-refractivity contribution in [3.8, 4) is 0 Å². The van der Waals surface area contributed by atoms with E-state index in [0.717, 1.165) is 23.1 Å². The lowest BCUT2D eigenvalue weighted by molar-refractivity contribution is 0.662. The Morgan fingerprint density at radius 2 is 1.81 bits per heavy atom. The van der Waals surface area contributed by atoms with Crippen LogP contribution in [0.5, 0.6) is 0 Å². The molecule has 90 valence electrons. The molecule has 3 nitrogen and oxygen atoms in total. The van der Waals surface area contributed by atoms with Crippen LogP contribution in [0.3, 0.4) is 0 Å². The van der Waals surface area contributed by atoms with E-state index in [4.69, 9.17) is 0 Å². The van der Waals surface area contributed by atoms with Crippen molar-refractivity contribution in [3.05, 3.63) is 17.5 Å². The molecule has 0 aliphatic rings. The third kappa shape index (κ3) is 5.47. The molecule has 1 heterocycles. The fourth-order valence-electron chi connectivity index (χ4n) is 1.48. The lowest BCUT2D eigenvalue weighted by Crippen LogP contribution is -2.07. The number of aromatic nitrogens is 2. The van der Waals surface area contributed by atoms with Gasteiger partial charge < -0.3 is 0 Å². The first-order chi connectivity index (χ1) is 7.72. The van der Waals surface area contributed by atoms with E-state index in [1.807, 2.05) is 19.9 Å². The molecule has 0 unspecified atom stereocenters. The molecule has 0 fully saturated rings. The molecule has 0 aromatic carbocycles. The van der Waals surface area contributed by atoms with E-state index in [1.165, 1.54) is 37.6 Å². The zero-order valence-corrected chi connectivity index (χ0v) is 11.2. The summed E-state index contributed by atoms with van der Waals surface area (Å²) in [4.78, 5) is 8.71. The molecule has 1 aromatic rings. The minimum absolute atomic E-state index is 0.827. The van der Waals surface area contributed by atoms with Gasteiger partial charge in [-0.2, -0.15) is 0 Å². The molecule has 0 atom stereocenters. The molecular formula is C12H21N3S. The number of nitrogens with one attached hydrogen (secondary N) is 1. The van der Waals surface area contributed by atoms with E-state index in [0.29, 0.717) is 0 Å². The molecule has 0 aliphatic heterocycles. The Morgan fingerprint density at radius 3 is 2.44 bits per heavy atom. The predicted molar refractivity (Wildman–Crippen MR) is 69.5 cm³/mol. The lowest BCUT2D eigenvalue weighted by Gasteiger charge is -2.04. The van der Waals surface area contributed by atoms with Gasteiger partial charge >= 0.3 is 0 Å². The van der Waals surface area contributed by atoms with Crippen LogP contribution in [-0.4, -0.2) is 16.5 Å². The predicted octanol–water partition coefficient (Wildman–Crippen LogP) is 3.27. The van der Waals surface area contributed by atoms with Crippen molar-refractivity contribution in [1.82, 2.24) is 14.7 Å². The Labute approximate surface area is 103 Å². The molecule has 0 saturated heterocycles. The van der Waals surface area contributed by atoms with Crippen LogP contribution in [0.1, 0.15) is 44.0 Å². The summed E-state index contributed by atoms with van der Waals surface area (Å²) < 4.78 is 3.31. The highest BCUT2D eigenvalue weighted by Crippen LogP contribution is 2.10. The van der Waals surface area contributed by atoms with Crippen LogP contribution >= 0.6 is 11.9 Å². The van der Waals surface area contributed by atoms with Crippen LogP contribution < -0.4 is 4.72 Å². The van der Waals surface area contributed by atoms with Crippen molar-refractivity contribution in [1.29, 1.82) is 0 Å². The molecule has 1 rings (SSSR count). The van der Waals surface area contributed by atoms with Crippen molar-refractivity contribution < 1.29 is 0 Å². The van der Waals surface area contributed by atoms with Gasteiger partial charge in [0.05, 0.1) is 0 Å². The topological polar surface area (TPSA) is 37.8 Å². The minimum Gasteiger partial charge on any atom is -0.257 e. The Hall–Kier alpha value is -0.610. The second kappa shape index (κ2) is 7.63. The van der Waals surface area contributed by atoms with Crippen LogP contribution in [0, 0.1) is 13.8 Å². The first-order valence-electron chi connectivity index (χ1n) is 5.94. The number of rotatable bonds is 7. The van der Waals surface area contributed by atoms with Crippen LogP contribution in [0.2, 0.25) is 0 Å². The summed E-state index contributed by atoms with van der Waals surface area (Å²) in [5.41, 5.74) is 2.06. The van der Waals surface area contributed by atoms with Gasteiger partial charge in [0.2, 0.25) is 5.16 Å². The quantitative estimate of drug-likeness (QED) is 0.450. The van der Waals surface area contributed by atoms with Gasteiger partial charge in [-0.1, -0.05) is 26.2 Å². The van der Waals surface area contributed by atoms with Gasteiger partial charge in [-0.05, 0) is 38.3 Å². The van der Waals surface area contributed by atoms with E-state index in [-0.39, 0.29) is 0 Å². The average Bonchev–Trinajstić information content (AvgIpc) is 2.22. The van der Waals surface area contributed by atoms with Crippen LogP contribution in [-0.2, 0) is 0 Å². The fraction of sp³-hybridized carbons (Fsp3) is 0.667. The van der Waals surface area contributed by atoms with Crippen molar-refractivity contribution in [3.63, 3.8) is 0 Å². The average molecular weight is 239 g/mol. The SMILES string of the molecule is CCCCCCNSc1nc(C)cc(C)n1. The van der Waals surface area contributed by atoms with Crippen molar-refractivity contribution in [2.75, 3.05) is 6.54 Å². The van der Waals surface area contributed by atoms with Gasteiger partial charge in [0.25, 0.3) is 0 Å². The van der Waals surface area contributed by atoms with Crippen LogP contribution in [0.4, 0.5) is 0 Å². The molecule has 4 heteroatoms. The molecule has 0 radical (unpaired) electrons. The van der Waals surface area contributed by atoms with Gasteiger partial charge in [-0.3, -0.25) is 4.72 Å². The standard InChI is InChI=1S/C12H21N3S/c1-4-5-6-7-8-13-16-12-14-10(2)9-11(3)15-12/h9,13H,4-8H2,1-3H3. The molecule has 1 N–H and O–H groups in total. The van der Waals surface area contributed by atoms with E-state index < -0.39 is 0 Å². The zero-order valence-electron chi connectivity index (χ0n) is 10.4. The summed E-state index contributed by atoms with van der Waals surface area (Å²) in [6.07, 6.45) is 5.14. The summed E-state index contributed by atoms with van der Waals surface area (Å²) >= 11 is 1.53. The summed E-state index contributed by atoms with van der Waals surface area (Å²) in [7, 11) is 0. The molecule has 0 spiro atoms. The first-order valence-corrected chi connectivity index (χ1v) is 6.76. The van der Waals surface area contributed by atoms with Crippen molar-refractivity contribution >= 4 is 11.9 Å². The Balaban J connectivity index is 2.21. The zero-order chi connectivity index (χ0) is 11.8. The molecule has 0 saturated carbocycles. The van der Waals surface area contributed by atoms with Crippen LogP contribution in [0.15, 0.2) is 11.2 Å². The smallest absolute Gasteiger partial charge is 0.203 e. The maximum Gasteiger partial charge on any atom is 0.203 e. The van der Waals surface area contributed by atoms with E-state index in [1.54, 1.807) is 0 Å². The Bertz CT molecular complexity index is 295. The largest absolute Gasteiger partial charge is 0.257 e. The highest BCUT2D eigenvalue weighted by molar-refractivity contribution is 7.97. The lowest BCUT2D eigenvalue weighted by atomic mass is 10.2. The number of nitrogens with zero attached hydrogens (tertiary/aromatic N) is 2. The van der Waals surface area contributed by atoms with E-state index in [2.05, 4.69) is 21.6 Å². The fourth-order valence-corrected chi connectivity index (χ4v) is 2.23. The second-order valence-corrected chi connectivity index (χ2v) is 4.85. The number of aryl methyl sites for hydroxylation is 2. The third-order valence-electron chi connectivity index (χ3n) is 2.26. The molecule has 0 bridgehead atoms. The highest BCUT2D eigenvalue weighted by atomic mass is 32.2. The van der Waals surface area contributed by atoms with E-state index >= 15 is 0 Å². The van der Waals surface area contributed by atoms with Gasteiger partial charge in [0.15, 0.2) is 0 Å². The summed E-state index contributed by atoms with van der Waals surface area (Å²) in [6, 6.07) is 1.99. The monoisotopic (exact) mass is 239 g/mol. The normalized spacial score (nSPS) is 10.7. The number of unbranched alkanes of at least 4 members (excludes halogenated alkanes) is 3. The highest BCUT2D eigenvalue weighted by Gasteiger charge is 1.99. The summed E-state index contributed by atoms with van der Waals surface area (Å²) in [6.45, 7) is 7.26. The van der Waals surface area contributed by atoms with Crippen molar-refractivity contribution in [2.45, 2.75) is 51.6 Å². The Morgan fingerprint density at radius 1 is 1.12 bits per heavy atom. The minimum atomic E-state index is 0.827. The molecule has 0 amide bonds. The Kier molecular flexibility index (Phi) is 6.42. The molecule has 16 heavy (non-hydrogen) atoms. The molecule has 1 aromatic heterocycles. The van der Waals surface area contributed by atoms with Gasteiger partial charge in [0, 0.05) is 17.9 Å². The summed E-state index contributed by atoms with van der Waals surface area (Å²) in [5.74, 6) is 0. The number of hydrogen-bond donors (Lipinski definition) is 1.